The minimum atomic E-state index is 0.875. The van der Waals surface area contributed by atoms with Crippen molar-refractivity contribution in [2.45, 2.75) is 19.9 Å². The molecule has 4 nitrogen and oxygen atoms in total. The van der Waals surface area contributed by atoms with E-state index in [1.807, 2.05) is 16.9 Å². The second-order valence-corrected chi connectivity index (χ2v) is 2.96. The van der Waals surface area contributed by atoms with Crippen molar-refractivity contribution >= 4 is 0 Å². The van der Waals surface area contributed by atoms with Gasteiger partial charge in [0.25, 0.3) is 0 Å². The van der Waals surface area contributed by atoms with Crippen molar-refractivity contribution in [2.75, 3.05) is 0 Å². The number of H-pyrrole nitrogens is 1. The Morgan fingerprint density at radius 1 is 1.54 bits per heavy atom. The number of hydrogen-bond donors (Lipinski definition) is 1. The van der Waals surface area contributed by atoms with E-state index in [-0.39, 0.29) is 0 Å². The quantitative estimate of drug-likeness (QED) is 0.764. The van der Waals surface area contributed by atoms with Gasteiger partial charge in [0, 0.05) is 31.1 Å². The molecular formula is C9H12N4. The largest absolute Gasteiger partial charge is 0.282 e. The highest BCUT2D eigenvalue weighted by atomic mass is 15.3. The van der Waals surface area contributed by atoms with Crippen LogP contribution >= 0.6 is 0 Å². The standard InChI is InChI=1S/C9H12N4/c1-2-13-7-8(6-11-13)5-9-3-4-10-12-9/h3-4,6-7H,2,5H2,1H3,(H,10,12). The first kappa shape index (κ1) is 8.04. The molecule has 0 aliphatic rings. The van der Waals surface area contributed by atoms with Gasteiger partial charge in [-0.15, -0.1) is 0 Å². The van der Waals surface area contributed by atoms with Crippen molar-refractivity contribution in [1.82, 2.24) is 20.0 Å². The van der Waals surface area contributed by atoms with Gasteiger partial charge in [-0.1, -0.05) is 0 Å². The monoisotopic (exact) mass is 176 g/mol. The topological polar surface area (TPSA) is 46.5 Å². The lowest BCUT2D eigenvalue weighted by atomic mass is 10.2. The molecule has 2 aromatic heterocycles. The molecule has 0 fully saturated rings. The maximum atomic E-state index is 4.20. The van der Waals surface area contributed by atoms with Gasteiger partial charge in [0.1, 0.15) is 0 Å². The second kappa shape index (κ2) is 3.43. The lowest BCUT2D eigenvalue weighted by Gasteiger charge is -1.92. The van der Waals surface area contributed by atoms with Gasteiger partial charge in [0.15, 0.2) is 0 Å². The molecule has 0 atom stereocenters. The summed E-state index contributed by atoms with van der Waals surface area (Å²) >= 11 is 0. The van der Waals surface area contributed by atoms with E-state index in [0.29, 0.717) is 0 Å². The fourth-order valence-electron chi connectivity index (χ4n) is 1.27. The first-order valence-corrected chi connectivity index (χ1v) is 4.38. The third-order valence-corrected chi connectivity index (χ3v) is 1.96. The summed E-state index contributed by atoms with van der Waals surface area (Å²) in [6.07, 6.45) is 6.59. The van der Waals surface area contributed by atoms with E-state index in [4.69, 9.17) is 0 Å². The highest BCUT2D eigenvalue weighted by Crippen LogP contribution is 2.04. The van der Waals surface area contributed by atoms with Crippen LogP contribution in [0.15, 0.2) is 24.7 Å². The Hall–Kier alpha value is -1.58. The molecule has 2 heterocycles. The number of nitrogens with zero attached hydrogens (tertiary/aromatic N) is 3. The number of nitrogens with one attached hydrogen (secondary N) is 1. The molecule has 0 radical (unpaired) electrons. The van der Waals surface area contributed by atoms with Crippen LogP contribution in [-0.4, -0.2) is 20.0 Å². The molecule has 0 aliphatic carbocycles. The Bertz CT molecular complexity index is 361. The Kier molecular flexibility index (Phi) is 2.12. The fourth-order valence-corrected chi connectivity index (χ4v) is 1.27. The first-order valence-electron chi connectivity index (χ1n) is 4.38. The zero-order chi connectivity index (χ0) is 9.10. The molecule has 1 N–H and O–H groups in total. The number of aromatic nitrogens is 4. The van der Waals surface area contributed by atoms with Crippen molar-refractivity contribution in [2.24, 2.45) is 0 Å². The third kappa shape index (κ3) is 1.77. The zero-order valence-corrected chi connectivity index (χ0v) is 7.57. The molecule has 13 heavy (non-hydrogen) atoms. The number of rotatable bonds is 3. The van der Waals surface area contributed by atoms with Crippen LogP contribution in [0.1, 0.15) is 18.2 Å². The highest BCUT2D eigenvalue weighted by molar-refractivity contribution is 5.14. The molecule has 0 aromatic carbocycles. The average Bonchev–Trinajstić information content (AvgIpc) is 2.76. The number of hydrogen-bond acceptors (Lipinski definition) is 2. The van der Waals surface area contributed by atoms with Crippen LogP contribution in [0.5, 0.6) is 0 Å². The smallest absolute Gasteiger partial charge is 0.0525 e. The summed E-state index contributed by atoms with van der Waals surface area (Å²) in [6.45, 7) is 3.00. The predicted molar refractivity (Wildman–Crippen MR) is 49.3 cm³/mol. The van der Waals surface area contributed by atoms with Crippen LogP contribution in [0.2, 0.25) is 0 Å². The van der Waals surface area contributed by atoms with Gasteiger partial charge >= 0.3 is 0 Å². The van der Waals surface area contributed by atoms with Crippen LogP contribution in [0.4, 0.5) is 0 Å². The lowest BCUT2D eigenvalue weighted by molar-refractivity contribution is 0.659. The van der Waals surface area contributed by atoms with E-state index < -0.39 is 0 Å². The Morgan fingerprint density at radius 3 is 3.08 bits per heavy atom. The van der Waals surface area contributed by atoms with Gasteiger partial charge in [-0.05, 0) is 18.6 Å². The highest BCUT2D eigenvalue weighted by Gasteiger charge is 1.99. The normalized spacial score (nSPS) is 10.5. The van der Waals surface area contributed by atoms with Crippen molar-refractivity contribution in [1.29, 1.82) is 0 Å². The molecule has 0 spiro atoms. The van der Waals surface area contributed by atoms with Crippen LogP contribution in [0.3, 0.4) is 0 Å². The average molecular weight is 176 g/mol. The Morgan fingerprint density at radius 2 is 2.46 bits per heavy atom. The minimum Gasteiger partial charge on any atom is -0.282 e. The molecule has 4 heteroatoms. The van der Waals surface area contributed by atoms with Gasteiger partial charge in [-0.2, -0.15) is 10.2 Å². The predicted octanol–water partition coefficient (Wildman–Crippen LogP) is 1.22. The van der Waals surface area contributed by atoms with Crippen molar-refractivity contribution in [3.8, 4) is 0 Å². The summed E-state index contributed by atoms with van der Waals surface area (Å²) in [5, 5.41) is 11.0. The molecule has 0 amide bonds. The molecule has 0 bridgehead atoms. The fraction of sp³-hybridized carbons (Fsp3) is 0.333. The van der Waals surface area contributed by atoms with Gasteiger partial charge in [0.2, 0.25) is 0 Å². The molecule has 2 aromatic rings. The molecule has 0 unspecified atom stereocenters. The van der Waals surface area contributed by atoms with Gasteiger partial charge in [-0.25, -0.2) is 0 Å². The van der Waals surface area contributed by atoms with E-state index >= 15 is 0 Å². The molecule has 2 rings (SSSR count). The van der Waals surface area contributed by atoms with Gasteiger partial charge in [-0.3, -0.25) is 9.78 Å². The SMILES string of the molecule is CCn1cc(Cc2ccn[nH]2)cn1. The van der Waals surface area contributed by atoms with E-state index in [0.717, 1.165) is 18.7 Å². The van der Waals surface area contributed by atoms with Gasteiger partial charge < -0.3 is 0 Å². The van der Waals surface area contributed by atoms with Crippen LogP contribution < -0.4 is 0 Å². The van der Waals surface area contributed by atoms with Crippen LogP contribution in [0, 0.1) is 0 Å². The lowest BCUT2D eigenvalue weighted by Crippen LogP contribution is -1.92. The summed E-state index contributed by atoms with van der Waals surface area (Å²) in [5.74, 6) is 0. The summed E-state index contributed by atoms with van der Waals surface area (Å²) in [4.78, 5) is 0. The van der Waals surface area contributed by atoms with Crippen molar-refractivity contribution in [3.05, 3.63) is 35.9 Å². The van der Waals surface area contributed by atoms with Gasteiger partial charge in [0.05, 0.1) is 6.20 Å². The van der Waals surface area contributed by atoms with Crippen LogP contribution in [0.25, 0.3) is 0 Å². The van der Waals surface area contributed by atoms with E-state index in [1.54, 1.807) is 6.20 Å². The number of aryl methyl sites for hydroxylation is 1. The molecule has 0 saturated carbocycles. The Balaban J connectivity index is 2.10. The van der Waals surface area contributed by atoms with Crippen molar-refractivity contribution < 1.29 is 0 Å². The third-order valence-electron chi connectivity index (χ3n) is 1.96. The Labute approximate surface area is 76.6 Å². The first-order chi connectivity index (χ1) is 6.38. The van der Waals surface area contributed by atoms with Crippen molar-refractivity contribution in [3.63, 3.8) is 0 Å². The maximum Gasteiger partial charge on any atom is 0.0525 e. The maximum absolute atomic E-state index is 4.20. The second-order valence-electron chi connectivity index (χ2n) is 2.96. The van der Waals surface area contributed by atoms with Crippen LogP contribution in [-0.2, 0) is 13.0 Å². The number of aromatic amines is 1. The molecular weight excluding hydrogens is 164 g/mol. The summed E-state index contributed by atoms with van der Waals surface area (Å²) in [6, 6.07) is 1.98. The molecule has 0 aliphatic heterocycles. The molecule has 68 valence electrons. The van der Waals surface area contributed by atoms with E-state index in [1.165, 1.54) is 5.56 Å². The molecule has 0 saturated heterocycles. The summed E-state index contributed by atoms with van der Waals surface area (Å²) in [5.41, 5.74) is 2.33. The summed E-state index contributed by atoms with van der Waals surface area (Å²) in [7, 11) is 0. The summed E-state index contributed by atoms with van der Waals surface area (Å²) < 4.78 is 1.92. The van der Waals surface area contributed by atoms with E-state index in [9.17, 15) is 0 Å². The zero-order valence-electron chi connectivity index (χ0n) is 7.57. The van der Waals surface area contributed by atoms with E-state index in [2.05, 4.69) is 28.4 Å². The minimum absolute atomic E-state index is 0.875.